The molecule has 0 spiro atoms. The SMILES string of the molecule is N#CCCN(CCN1CCOCC1)C(=O)c1cccc(Oc2ccccc2)c1. The zero-order valence-electron chi connectivity index (χ0n) is 15.9. The van der Waals surface area contributed by atoms with Crippen molar-refractivity contribution < 1.29 is 14.3 Å². The van der Waals surface area contributed by atoms with Crippen LogP contribution in [-0.4, -0.2) is 61.6 Å². The Hall–Kier alpha value is -2.88. The Balaban J connectivity index is 1.66. The number of ether oxygens (including phenoxy) is 2. The lowest BCUT2D eigenvalue weighted by molar-refractivity contribution is 0.0326. The fourth-order valence-electron chi connectivity index (χ4n) is 3.09. The second-order valence-electron chi connectivity index (χ2n) is 6.60. The van der Waals surface area contributed by atoms with Crippen molar-refractivity contribution in [3.05, 3.63) is 60.2 Å². The molecule has 1 saturated heterocycles. The number of nitrogens with zero attached hydrogens (tertiary/aromatic N) is 3. The van der Waals surface area contributed by atoms with E-state index in [4.69, 9.17) is 14.7 Å². The number of carbonyl (C=O) groups is 1. The number of nitriles is 1. The van der Waals surface area contributed by atoms with Gasteiger partial charge < -0.3 is 14.4 Å². The van der Waals surface area contributed by atoms with Crippen molar-refractivity contribution in [2.45, 2.75) is 6.42 Å². The molecule has 1 aliphatic rings. The van der Waals surface area contributed by atoms with Crippen LogP contribution in [0.1, 0.15) is 16.8 Å². The molecule has 0 atom stereocenters. The highest BCUT2D eigenvalue weighted by atomic mass is 16.5. The molecule has 2 aromatic rings. The van der Waals surface area contributed by atoms with Crippen LogP contribution >= 0.6 is 0 Å². The van der Waals surface area contributed by atoms with E-state index in [2.05, 4.69) is 11.0 Å². The van der Waals surface area contributed by atoms with Crippen molar-refractivity contribution >= 4 is 5.91 Å². The summed E-state index contributed by atoms with van der Waals surface area (Å²) in [5.74, 6) is 1.26. The normalized spacial score (nSPS) is 14.2. The summed E-state index contributed by atoms with van der Waals surface area (Å²) in [7, 11) is 0. The van der Waals surface area contributed by atoms with E-state index in [0.29, 0.717) is 30.8 Å². The van der Waals surface area contributed by atoms with Crippen LogP contribution in [0.5, 0.6) is 11.5 Å². The fourth-order valence-corrected chi connectivity index (χ4v) is 3.09. The molecule has 0 N–H and O–H groups in total. The summed E-state index contributed by atoms with van der Waals surface area (Å²) in [6.07, 6.45) is 0.315. The van der Waals surface area contributed by atoms with Gasteiger partial charge >= 0.3 is 0 Å². The van der Waals surface area contributed by atoms with E-state index in [9.17, 15) is 4.79 Å². The standard InChI is InChI=1S/C22H25N3O3/c23-10-5-11-25(13-12-24-14-16-27-17-15-24)22(26)19-6-4-9-21(18-19)28-20-7-2-1-3-8-20/h1-4,6-9,18H,5,11-17H2. The van der Waals surface area contributed by atoms with Gasteiger partial charge in [0.25, 0.3) is 5.91 Å². The molecule has 28 heavy (non-hydrogen) atoms. The minimum Gasteiger partial charge on any atom is -0.457 e. The highest BCUT2D eigenvalue weighted by Crippen LogP contribution is 2.22. The van der Waals surface area contributed by atoms with Crippen LogP contribution in [0, 0.1) is 11.3 Å². The number of benzene rings is 2. The molecule has 146 valence electrons. The van der Waals surface area contributed by atoms with Crippen molar-refractivity contribution in [1.29, 1.82) is 5.26 Å². The molecule has 1 heterocycles. The third-order valence-electron chi connectivity index (χ3n) is 4.63. The quantitative estimate of drug-likeness (QED) is 0.705. The van der Waals surface area contributed by atoms with Gasteiger partial charge in [-0.25, -0.2) is 0 Å². The summed E-state index contributed by atoms with van der Waals surface area (Å²) < 4.78 is 11.2. The predicted octanol–water partition coefficient (Wildman–Crippen LogP) is 3.17. The molecule has 0 aliphatic carbocycles. The van der Waals surface area contributed by atoms with Gasteiger partial charge in [-0.05, 0) is 30.3 Å². The second kappa shape index (κ2) is 10.5. The maximum Gasteiger partial charge on any atom is 0.254 e. The second-order valence-corrected chi connectivity index (χ2v) is 6.60. The smallest absolute Gasteiger partial charge is 0.254 e. The van der Waals surface area contributed by atoms with Crippen LogP contribution in [0.25, 0.3) is 0 Å². The zero-order chi connectivity index (χ0) is 19.6. The molecular weight excluding hydrogens is 354 g/mol. The third kappa shape index (κ3) is 5.81. The number of hydrogen-bond donors (Lipinski definition) is 0. The van der Waals surface area contributed by atoms with Gasteiger partial charge in [0.15, 0.2) is 0 Å². The molecule has 0 saturated carbocycles. The maximum absolute atomic E-state index is 13.0. The van der Waals surface area contributed by atoms with Crippen molar-refractivity contribution in [2.75, 3.05) is 45.9 Å². The Labute approximate surface area is 165 Å². The fraction of sp³-hybridized carbons (Fsp3) is 0.364. The molecule has 0 radical (unpaired) electrons. The highest BCUT2D eigenvalue weighted by Gasteiger charge is 2.18. The highest BCUT2D eigenvalue weighted by molar-refractivity contribution is 5.94. The Kier molecular flexibility index (Phi) is 7.42. The molecule has 6 heteroatoms. The van der Waals surface area contributed by atoms with Crippen LogP contribution in [0.3, 0.4) is 0 Å². The third-order valence-corrected chi connectivity index (χ3v) is 4.63. The van der Waals surface area contributed by atoms with E-state index >= 15 is 0 Å². The lowest BCUT2D eigenvalue weighted by atomic mass is 10.1. The summed E-state index contributed by atoms with van der Waals surface area (Å²) in [6, 6.07) is 18.8. The molecule has 3 rings (SSSR count). The van der Waals surface area contributed by atoms with E-state index in [-0.39, 0.29) is 5.91 Å². The number of morpholine rings is 1. The Morgan fingerprint density at radius 3 is 2.57 bits per heavy atom. The van der Waals surface area contributed by atoms with Crippen LogP contribution in [-0.2, 0) is 4.74 Å². The topological polar surface area (TPSA) is 65.8 Å². The van der Waals surface area contributed by atoms with Crippen LogP contribution in [0.4, 0.5) is 0 Å². The van der Waals surface area contributed by atoms with Crippen LogP contribution < -0.4 is 4.74 Å². The molecule has 2 aromatic carbocycles. The first-order chi connectivity index (χ1) is 13.8. The summed E-state index contributed by atoms with van der Waals surface area (Å²) in [6.45, 7) is 4.99. The number of hydrogen-bond acceptors (Lipinski definition) is 5. The van der Waals surface area contributed by atoms with E-state index < -0.39 is 0 Å². The molecular formula is C22H25N3O3. The Morgan fingerprint density at radius 1 is 1.07 bits per heavy atom. The summed E-state index contributed by atoms with van der Waals surface area (Å²) in [5.41, 5.74) is 0.563. The van der Waals surface area contributed by atoms with Gasteiger partial charge in [0.2, 0.25) is 0 Å². The van der Waals surface area contributed by atoms with Crippen LogP contribution in [0.15, 0.2) is 54.6 Å². The van der Waals surface area contributed by atoms with Gasteiger partial charge in [-0.15, -0.1) is 0 Å². The minimum atomic E-state index is -0.0815. The summed E-state index contributed by atoms with van der Waals surface area (Å²) >= 11 is 0. The largest absolute Gasteiger partial charge is 0.457 e. The van der Waals surface area contributed by atoms with Crippen LogP contribution in [0.2, 0.25) is 0 Å². The van der Waals surface area contributed by atoms with Gasteiger partial charge in [-0.3, -0.25) is 9.69 Å². The van der Waals surface area contributed by atoms with Crippen molar-refractivity contribution in [2.24, 2.45) is 0 Å². The van der Waals surface area contributed by atoms with Crippen molar-refractivity contribution in [1.82, 2.24) is 9.80 Å². The first-order valence-electron chi connectivity index (χ1n) is 9.55. The summed E-state index contributed by atoms with van der Waals surface area (Å²) in [5, 5.41) is 8.96. The number of para-hydroxylation sites is 1. The van der Waals surface area contributed by atoms with Gasteiger partial charge in [0.05, 0.1) is 25.7 Å². The minimum absolute atomic E-state index is 0.0815. The average Bonchev–Trinajstić information content (AvgIpc) is 2.75. The first-order valence-corrected chi connectivity index (χ1v) is 9.55. The van der Waals surface area contributed by atoms with Gasteiger partial charge in [0, 0.05) is 38.3 Å². The van der Waals surface area contributed by atoms with Crippen molar-refractivity contribution in [3.8, 4) is 17.6 Å². The molecule has 0 aromatic heterocycles. The number of carbonyl (C=O) groups excluding carboxylic acids is 1. The van der Waals surface area contributed by atoms with E-state index in [1.807, 2.05) is 42.5 Å². The number of amides is 1. The maximum atomic E-state index is 13.0. The monoisotopic (exact) mass is 379 g/mol. The molecule has 1 fully saturated rings. The van der Waals surface area contributed by atoms with Gasteiger partial charge in [0.1, 0.15) is 11.5 Å². The zero-order valence-corrected chi connectivity index (χ0v) is 15.9. The first kappa shape index (κ1) is 19.9. The Bertz CT molecular complexity index is 798. The molecule has 1 aliphatic heterocycles. The predicted molar refractivity (Wildman–Crippen MR) is 106 cm³/mol. The Morgan fingerprint density at radius 2 is 1.82 bits per heavy atom. The van der Waals surface area contributed by atoms with E-state index in [1.165, 1.54) is 0 Å². The average molecular weight is 379 g/mol. The lowest BCUT2D eigenvalue weighted by Gasteiger charge is -2.30. The number of rotatable bonds is 8. The summed E-state index contributed by atoms with van der Waals surface area (Å²) in [4.78, 5) is 17.1. The van der Waals surface area contributed by atoms with Gasteiger partial charge in [-0.2, -0.15) is 5.26 Å². The molecule has 6 nitrogen and oxygen atoms in total. The van der Waals surface area contributed by atoms with Crippen molar-refractivity contribution in [3.63, 3.8) is 0 Å². The molecule has 0 bridgehead atoms. The van der Waals surface area contributed by atoms with Gasteiger partial charge in [-0.1, -0.05) is 24.3 Å². The lowest BCUT2D eigenvalue weighted by Crippen LogP contribution is -2.43. The van der Waals surface area contributed by atoms with E-state index in [0.717, 1.165) is 38.6 Å². The molecule has 0 unspecified atom stereocenters. The molecule has 1 amide bonds. The van der Waals surface area contributed by atoms with E-state index in [1.54, 1.807) is 17.0 Å².